The van der Waals surface area contributed by atoms with Crippen molar-refractivity contribution in [2.75, 3.05) is 12.4 Å². The minimum atomic E-state index is -0.576. The predicted molar refractivity (Wildman–Crippen MR) is 113 cm³/mol. The molecule has 31 heavy (non-hydrogen) atoms. The Labute approximate surface area is 176 Å². The Hall–Kier alpha value is -4.07. The van der Waals surface area contributed by atoms with E-state index in [1.165, 1.54) is 19.3 Å². The summed E-state index contributed by atoms with van der Waals surface area (Å²) in [7, 11) is 1.57. The molecule has 0 fully saturated rings. The highest BCUT2D eigenvalue weighted by molar-refractivity contribution is 5.92. The second-order valence-corrected chi connectivity index (χ2v) is 6.94. The molecule has 0 aliphatic heterocycles. The fourth-order valence-electron chi connectivity index (χ4n) is 3.32. The molecule has 0 atom stereocenters. The fraction of sp³-hybridized carbons (Fsp3) is 0.174. The SMILES string of the molecule is COc1ccc2c(CC(=O)OCc3cc(=O)oc4cc(NC(C)=O)ccc34)coc2c1. The van der Waals surface area contributed by atoms with E-state index in [-0.39, 0.29) is 18.9 Å². The molecule has 0 aliphatic rings. The number of carbonyl (C=O) groups is 2. The molecule has 4 rings (SSSR count). The number of hydrogen-bond donors (Lipinski definition) is 1. The largest absolute Gasteiger partial charge is 0.497 e. The maximum Gasteiger partial charge on any atom is 0.336 e. The Morgan fingerprint density at radius 3 is 2.55 bits per heavy atom. The Morgan fingerprint density at radius 1 is 1.00 bits per heavy atom. The second kappa shape index (κ2) is 8.35. The molecule has 2 heterocycles. The molecule has 0 aliphatic carbocycles. The van der Waals surface area contributed by atoms with Gasteiger partial charge in [0.25, 0.3) is 0 Å². The summed E-state index contributed by atoms with van der Waals surface area (Å²) in [6, 6.07) is 11.6. The van der Waals surface area contributed by atoms with Crippen molar-refractivity contribution >= 4 is 39.5 Å². The first-order valence-electron chi connectivity index (χ1n) is 9.47. The summed E-state index contributed by atoms with van der Waals surface area (Å²) >= 11 is 0. The monoisotopic (exact) mass is 421 g/mol. The molecule has 8 nitrogen and oxygen atoms in total. The van der Waals surface area contributed by atoms with E-state index < -0.39 is 11.6 Å². The third kappa shape index (κ3) is 4.42. The van der Waals surface area contributed by atoms with Crippen molar-refractivity contribution in [3.63, 3.8) is 0 Å². The summed E-state index contributed by atoms with van der Waals surface area (Å²) < 4.78 is 21.3. The molecule has 0 bridgehead atoms. The normalized spacial score (nSPS) is 10.9. The first-order chi connectivity index (χ1) is 14.9. The number of hydrogen-bond acceptors (Lipinski definition) is 7. The number of rotatable bonds is 6. The van der Waals surface area contributed by atoms with Crippen LogP contribution in [0.4, 0.5) is 5.69 Å². The van der Waals surface area contributed by atoms with Gasteiger partial charge in [0.15, 0.2) is 0 Å². The summed E-state index contributed by atoms with van der Waals surface area (Å²) in [5, 5.41) is 4.04. The van der Waals surface area contributed by atoms with E-state index in [9.17, 15) is 14.4 Å². The molecule has 1 N–H and O–H groups in total. The molecular weight excluding hydrogens is 402 g/mol. The van der Waals surface area contributed by atoms with Crippen molar-refractivity contribution in [1.29, 1.82) is 0 Å². The number of carbonyl (C=O) groups excluding carboxylic acids is 2. The van der Waals surface area contributed by atoms with E-state index in [4.69, 9.17) is 18.3 Å². The molecule has 158 valence electrons. The Kier molecular flexibility index (Phi) is 5.44. The number of furan rings is 1. The van der Waals surface area contributed by atoms with Gasteiger partial charge in [-0.15, -0.1) is 0 Å². The van der Waals surface area contributed by atoms with Crippen LogP contribution in [0.15, 0.2) is 62.4 Å². The zero-order chi connectivity index (χ0) is 22.0. The molecule has 1 amide bonds. The lowest BCUT2D eigenvalue weighted by molar-refractivity contribution is -0.144. The number of methoxy groups -OCH3 is 1. The number of nitrogens with one attached hydrogen (secondary N) is 1. The average Bonchev–Trinajstić information content (AvgIpc) is 3.13. The summed E-state index contributed by atoms with van der Waals surface area (Å²) in [5.41, 5.74) is 2.04. The van der Waals surface area contributed by atoms with Crippen LogP contribution in [-0.4, -0.2) is 19.0 Å². The summed E-state index contributed by atoms with van der Waals surface area (Å²) in [6.45, 7) is 1.29. The minimum absolute atomic E-state index is 0.0192. The van der Waals surface area contributed by atoms with Crippen molar-refractivity contribution in [2.45, 2.75) is 20.0 Å². The van der Waals surface area contributed by atoms with Gasteiger partial charge in [0.05, 0.1) is 19.8 Å². The molecular formula is C23H19NO7. The number of anilines is 1. The van der Waals surface area contributed by atoms with Crippen molar-refractivity contribution in [1.82, 2.24) is 0 Å². The maximum atomic E-state index is 12.4. The zero-order valence-electron chi connectivity index (χ0n) is 16.9. The van der Waals surface area contributed by atoms with Crippen LogP contribution >= 0.6 is 0 Å². The second-order valence-electron chi connectivity index (χ2n) is 6.94. The van der Waals surface area contributed by atoms with E-state index in [1.807, 2.05) is 6.07 Å². The lowest BCUT2D eigenvalue weighted by Gasteiger charge is -2.08. The number of benzene rings is 2. The minimum Gasteiger partial charge on any atom is -0.497 e. The quantitative estimate of drug-likeness (QED) is 0.373. The third-order valence-corrected chi connectivity index (χ3v) is 4.74. The molecule has 0 spiro atoms. The third-order valence-electron chi connectivity index (χ3n) is 4.74. The van der Waals surface area contributed by atoms with Crippen LogP contribution in [-0.2, 0) is 27.4 Å². The van der Waals surface area contributed by atoms with Gasteiger partial charge in [-0.1, -0.05) is 0 Å². The van der Waals surface area contributed by atoms with Gasteiger partial charge in [-0.05, 0) is 24.3 Å². The first kappa shape index (κ1) is 20.2. The molecule has 0 saturated heterocycles. The Bertz CT molecular complexity index is 1350. The summed E-state index contributed by atoms with van der Waals surface area (Å²) in [5.74, 6) is -0.0424. The summed E-state index contributed by atoms with van der Waals surface area (Å²) in [6.07, 6.45) is 1.53. The van der Waals surface area contributed by atoms with Gasteiger partial charge in [0.2, 0.25) is 5.91 Å². The molecule has 0 radical (unpaired) electrons. The molecule has 0 unspecified atom stereocenters. The van der Waals surface area contributed by atoms with Crippen LogP contribution in [0, 0.1) is 0 Å². The van der Waals surface area contributed by atoms with Crippen LogP contribution in [0.5, 0.6) is 5.75 Å². The van der Waals surface area contributed by atoms with Gasteiger partial charge >= 0.3 is 11.6 Å². The van der Waals surface area contributed by atoms with Crippen LogP contribution in [0.1, 0.15) is 18.1 Å². The van der Waals surface area contributed by atoms with E-state index in [0.29, 0.717) is 39.1 Å². The highest BCUT2D eigenvalue weighted by Gasteiger charge is 2.14. The van der Waals surface area contributed by atoms with Crippen molar-refractivity contribution in [3.05, 3.63) is 70.3 Å². The van der Waals surface area contributed by atoms with Gasteiger partial charge < -0.3 is 23.6 Å². The number of fused-ring (bicyclic) bond motifs is 2. The van der Waals surface area contributed by atoms with E-state index in [0.717, 1.165) is 5.39 Å². The number of amides is 1. The maximum absolute atomic E-state index is 12.4. The van der Waals surface area contributed by atoms with E-state index in [2.05, 4.69) is 5.32 Å². The summed E-state index contributed by atoms with van der Waals surface area (Å²) in [4.78, 5) is 35.6. The Morgan fingerprint density at radius 2 is 1.77 bits per heavy atom. The lowest BCUT2D eigenvalue weighted by Crippen LogP contribution is -2.10. The van der Waals surface area contributed by atoms with Crippen LogP contribution in [0.3, 0.4) is 0 Å². The molecule has 8 heteroatoms. The standard InChI is InChI=1S/C23H19NO7/c1-13(25)24-16-3-5-19-15(8-23(27)31-21(19)9-16)12-30-22(26)7-14-11-29-20-10-17(28-2)4-6-18(14)20/h3-6,8-11H,7,12H2,1-2H3,(H,24,25). The highest BCUT2D eigenvalue weighted by atomic mass is 16.5. The molecule has 4 aromatic rings. The molecule has 0 saturated carbocycles. The van der Waals surface area contributed by atoms with Gasteiger partial charge in [-0.3, -0.25) is 9.59 Å². The van der Waals surface area contributed by atoms with Crippen molar-refractivity contribution in [2.24, 2.45) is 0 Å². The van der Waals surface area contributed by atoms with Crippen molar-refractivity contribution in [3.8, 4) is 5.75 Å². The molecule has 2 aromatic carbocycles. The van der Waals surface area contributed by atoms with E-state index in [1.54, 1.807) is 37.4 Å². The van der Waals surface area contributed by atoms with Gasteiger partial charge in [0.1, 0.15) is 23.5 Å². The fourth-order valence-corrected chi connectivity index (χ4v) is 3.32. The Balaban J connectivity index is 1.50. The first-order valence-corrected chi connectivity index (χ1v) is 9.47. The molecule has 2 aromatic heterocycles. The smallest absolute Gasteiger partial charge is 0.336 e. The topological polar surface area (TPSA) is 108 Å². The predicted octanol–water partition coefficient (Wildman–Crippen LogP) is 3.79. The van der Waals surface area contributed by atoms with Gasteiger partial charge in [0, 0.05) is 52.7 Å². The van der Waals surface area contributed by atoms with Crippen molar-refractivity contribution < 1.29 is 27.9 Å². The zero-order valence-corrected chi connectivity index (χ0v) is 16.9. The number of esters is 1. The lowest BCUT2D eigenvalue weighted by atomic mass is 10.1. The van der Waals surface area contributed by atoms with Gasteiger partial charge in [-0.25, -0.2) is 4.79 Å². The van der Waals surface area contributed by atoms with Crippen LogP contribution in [0.25, 0.3) is 21.9 Å². The highest BCUT2D eigenvalue weighted by Crippen LogP contribution is 2.26. The average molecular weight is 421 g/mol. The van der Waals surface area contributed by atoms with Gasteiger partial charge in [-0.2, -0.15) is 0 Å². The van der Waals surface area contributed by atoms with Crippen LogP contribution in [0.2, 0.25) is 0 Å². The van der Waals surface area contributed by atoms with Crippen LogP contribution < -0.4 is 15.7 Å². The number of ether oxygens (including phenoxy) is 2. The van der Waals surface area contributed by atoms with E-state index >= 15 is 0 Å².